The molecule has 0 fully saturated rings. The van der Waals surface area contributed by atoms with Gasteiger partial charge in [-0.2, -0.15) is 0 Å². The first kappa shape index (κ1) is 17.8. The van der Waals surface area contributed by atoms with Gasteiger partial charge in [0.25, 0.3) is 5.56 Å². The smallest absolute Gasteiger partial charge is 0.259 e. The summed E-state index contributed by atoms with van der Waals surface area (Å²) in [6.45, 7) is 0.312. The second kappa shape index (κ2) is 7.55. The first-order chi connectivity index (χ1) is 13.1. The number of nitrogens with zero attached hydrogens (tertiary/aromatic N) is 1. The zero-order valence-corrected chi connectivity index (χ0v) is 16.4. The van der Waals surface area contributed by atoms with Crippen molar-refractivity contribution < 1.29 is 4.74 Å². The summed E-state index contributed by atoms with van der Waals surface area (Å²) in [4.78, 5) is 19.9. The van der Waals surface area contributed by atoms with E-state index in [-0.39, 0.29) is 5.56 Å². The first-order valence-corrected chi connectivity index (χ1v) is 9.44. The van der Waals surface area contributed by atoms with Crippen LogP contribution in [0.25, 0.3) is 22.3 Å². The fourth-order valence-electron chi connectivity index (χ4n) is 2.80. The minimum Gasteiger partial charge on any atom is -0.488 e. The van der Waals surface area contributed by atoms with E-state index in [1.807, 2.05) is 60.7 Å². The summed E-state index contributed by atoms with van der Waals surface area (Å²) in [6, 6.07) is 20.4. The standard InChI is InChI=1S/C21H14BrClN2O2/c22-14-9-10-19(27-12-13-5-1-3-7-17(13)23)16(11-14)20-24-18-8-4-2-6-15(18)21(26)25-20/h1-11H,12H2,(H,24,25,26). The monoisotopic (exact) mass is 440 g/mol. The molecule has 1 heterocycles. The van der Waals surface area contributed by atoms with Gasteiger partial charge in [-0.25, -0.2) is 4.98 Å². The highest BCUT2D eigenvalue weighted by atomic mass is 79.9. The molecule has 27 heavy (non-hydrogen) atoms. The summed E-state index contributed by atoms with van der Waals surface area (Å²) in [5.41, 5.74) is 2.02. The molecule has 0 amide bonds. The van der Waals surface area contributed by atoms with Crippen LogP contribution in [0.15, 0.2) is 76.0 Å². The van der Waals surface area contributed by atoms with Crippen LogP contribution in [0, 0.1) is 0 Å². The van der Waals surface area contributed by atoms with Gasteiger partial charge >= 0.3 is 0 Å². The van der Waals surface area contributed by atoms with Gasteiger partial charge in [0, 0.05) is 15.1 Å². The Labute approximate surface area is 168 Å². The predicted molar refractivity (Wildman–Crippen MR) is 111 cm³/mol. The Morgan fingerprint density at radius 1 is 1.04 bits per heavy atom. The summed E-state index contributed by atoms with van der Waals surface area (Å²) >= 11 is 9.68. The van der Waals surface area contributed by atoms with Gasteiger partial charge in [-0.1, -0.05) is 57.9 Å². The number of rotatable bonds is 4. The van der Waals surface area contributed by atoms with Crippen molar-refractivity contribution in [2.45, 2.75) is 6.61 Å². The second-order valence-corrected chi connectivity index (χ2v) is 7.28. The van der Waals surface area contributed by atoms with E-state index in [2.05, 4.69) is 25.9 Å². The van der Waals surface area contributed by atoms with Crippen molar-refractivity contribution in [3.05, 3.63) is 92.1 Å². The van der Waals surface area contributed by atoms with Crippen LogP contribution in [-0.4, -0.2) is 9.97 Å². The quantitative estimate of drug-likeness (QED) is 0.449. The van der Waals surface area contributed by atoms with Crippen LogP contribution in [-0.2, 0) is 6.61 Å². The van der Waals surface area contributed by atoms with Crippen LogP contribution in [0.3, 0.4) is 0 Å². The molecule has 4 nitrogen and oxygen atoms in total. The SMILES string of the molecule is O=c1[nH]c(-c2cc(Br)ccc2OCc2ccccc2Cl)nc2ccccc12. The number of halogens is 2. The van der Waals surface area contributed by atoms with Crippen molar-refractivity contribution in [2.75, 3.05) is 0 Å². The van der Waals surface area contributed by atoms with E-state index < -0.39 is 0 Å². The number of benzene rings is 3. The molecule has 0 saturated carbocycles. The van der Waals surface area contributed by atoms with Crippen molar-refractivity contribution in [2.24, 2.45) is 0 Å². The number of aromatic nitrogens is 2. The third-order valence-electron chi connectivity index (χ3n) is 4.15. The van der Waals surface area contributed by atoms with Crippen LogP contribution in [0.4, 0.5) is 0 Å². The average molecular weight is 442 g/mol. The van der Waals surface area contributed by atoms with E-state index in [4.69, 9.17) is 16.3 Å². The van der Waals surface area contributed by atoms with Gasteiger partial charge in [-0.15, -0.1) is 0 Å². The molecule has 0 atom stereocenters. The topological polar surface area (TPSA) is 55.0 Å². The fraction of sp³-hybridized carbons (Fsp3) is 0.0476. The van der Waals surface area contributed by atoms with E-state index in [1.54, 1.807) is 6.07 Å². The number of H-pyrrole nitrogens is 1. The first-order valence-electron chi connectivity index (χ1n) is 8.27. The van der Waals surface area contributed by atoms with Crippen LogP contribution in [0.5, 0.6) is 5.75 Å². The molecule has 0 radical (unpaired) electrons. The van der Waals surface area contributed by atoms with E-state index >= 15 is 0 Å². The molecule has 1 N–H and O–H groups in total. The molecule has 0 aliphatic heterocycles. The van der Waals surface area contributed by atoms with Crippen molar-refractivity contribution >= 4 is 38.4 Å². The minimum atomic E-state index is -0.187. The summed E-state index contributed by atoms with van der Waals surface area (Å²) in [7, 11) is 0. The van der Waals surface area contributed by atoms with Crippen LogP contribution in [0.2, 0.25) is 5.02 Å². The Balaban J connectivity index is 1.76. The van der Waals surface area contributed by atoms with E-state index in [0.29, 0.717) is 39.7 Å². The third kappa shape index (κ3) is 3.75. The minimum absolute atomic E-state index is 0.187. The number of hydrogen-bond donors (Lipinski definition) is 1. The predicted octanol–water partition coefficient (Wildman–Crippen LogP) is 5.59. The maximum atomic E-state index is 12.4. The molecule has 0 unspecified atom stereocenters. The lowest BCUT2D eigenvalue weighted by atomic mass is 10.1. The highest BCUT2D eigenvalue weighted by molar-refractivity contribution is 9.10. The summed E-state index contributed by atoms with van der Waals surface area (Å²) in [5.74, 6) is 1.06. The van der Waals surface area contributed by atoms with Gasteiger partial charge in [0.1, 0.15) is 18.2 Å². The van der Waals surface area contributed by atoms with Gasteiger partial charge in [0.15, 0.2) is 0 Å². The fourth-order valence-corrected chi connectivity index (χ4v) is 3.35. The molecule has 0 aliphatic rings. The largest absolute Gasteiger partial charge is 0.488 e. The molecule has 4 rings (SSSR count). The van der Waals surface area contributed by atoms with Gasteiger partial charge in [-0.3, -0.25) is 4.79 Å². The lowest BCUT2D eigenvalue weighted by Crippen LogP contribution is -2.10. The lowest BCUT2D eigenvalue weighted by molar-refractivity contribution is 0.307. The summed E-state index contributed by atoms with van der Waals surface area (Å²) < 4.78 is 6.86. The van der Waals surface area contributed by atoms with Gasteiger partial charge in [0.2, 0.25) is 0 Å². The van der Waals surface area contributed by atoms with Crippen molar-refractivity contribution in [3.63, 3.8) is 0 Å². The van der Waals surface area contributed by atoms with Crippen LogP contribution < -0.4 is 10.3 Å². The number of aromatic amines is 1. The summed E-state index contributed by atoms with van der Waals surface area (Å²) in [5, 5.41) is 1.20. The van der Waals surface area contributed by atoms with E-state index in [1.165, 1.54) is 0 Å². The Hall–Kier alpha value is -2.63. The number of nitrogens with one attached hydrogen (secondary N) is 1. The van der Waals surface area contributed by atoms with E-state index in [0.717, 1.165) is 10.0 Å². The van der Waals surface area contributed by atoms with Gasteiger partial charge in [-0.05, 0) is 36.4 Å². The third-order valence-corrected chi connectivity index (χ3v) is 5.01. The normalized spacial score (nSPS) is 10.9. The molecule has 3 aromatic carbocycles. The number of ether oxygens (including phenoxy) is 1. The zero-order chi connectivity index (χ0) is 18.8. The molecule has 0 spiro atoms. The molecule has 4 aromatic rings. The summed E-state index contributed by atoms with van der Waals surface area (Å²) in [6.07, 6.45) is 0. The molecule has 1 aromatic heterocycles. The number of para-hydroxylation sites is 1. The Morgan fingerprint density at radius 3 is 2.67 bits per heavy atom. The van der Waals surface area contributed by atoms with Crippen LogP contribution >= 0.6 is 27.5 Å². The zero-order valence-electron chi connectivity index (χ0n) is 14.1. The molecule has 0 bridgehead atoms. The van der Waals surface area contributed by atoms with Crippen molar-refractivity contribution in [3.8, 4) is 17.1 Å². The molecular formula is C21H14BrClN2O2. The molecular weight excluding hydrogens is 428 g/mol. The van der Waals surface area contributed by atoms with Crippen molar-refractivity contribution in [1.29, 1.82) is 0 Å². The van der Waals surface area contributed by atoms with Gasteiger partial charge in [0.05, 0.1) is 16.5 Å². The Morgan fingerprint density at radius 2 is 1.81 bits per heavy atom. The average Bonchev–Trinajstić information content (AvgIpc) is 2.68. The van der Waals surface area contributed by atoms with Crippen molar-refractivity contribution in [1.82, 2.24) is 9.97 Å². The second-order valence-electron chi connectivity index (χ2n) is 5.95. The molecule has 0 aliphatic carbocycles. The maximum absolute atomic E-state index is 12.4. The van der Waals surface area contributed by atoms with Gasteiger partial charge < -0.3 is 9.72 Å². The highest BCUT2D eigenvalue weighted by Crippen LogP contribution is 2.32. The maximum Gasteiger partial charge on any atom is 0.259 e. The molecule has 6 heteroatoms. The lowest BCUT2D eigenvalue weighted by Gasteiger charge is -2.13. The van der Waals surface area contributed by atoms with Crippen LogP contribution in [0.1, 0.15) is 5.56 Å². The molecule has 134 valence electrons. The highest BCUT2D eigenvalue weighted by Gasteiger charge is 2.13. The number of hydrogen-bond acceptors (Lipinski definition) is 3. The Kier molecular flexibility index (Phi) is 4.97. The molecule has 0 saturated heterocycles. The number of fused-ring (bicyclic) bond motifs is 1. The Bertz CT molecular complexity index is 1190. The van der Waals surface area contributed by atoms with E-state index in [9.17, 15) is 4.79 Å².